The fourth-order valence-corrected chi connectivity index (χ4v) is 6.94. The molecule has 1 amide bonds. The monoisotopic (exact) mass is 570 g/mol. The zero-order valence-corrected chi connectivity index (χ0v) is 24.6. The number of ether oxygens (including phenoxy) is 2. The first-order valence-corrected chi connectivity index (χ1v) is 14.8. The Labute approximate surface area is 234 Å². The van der Waals surface area contributed by atoms with Crippen LogP contribution in [0.1, 0.15) is 47.6 Å². The van der Waals surface area contributed by atoms with Crippen molar-refractivity contribution >= 4 is 51.3 Å². The summed E-state index contributed by atoms with van der Waals surface area (Å²) in [7, 11) is 2.93. The second kappa shape index (κ2) is 12.1. The topological polar surface area (TPSA) is 95.3 Å². The third-order valence-electron chi connectivity index (χ3n) is 6.05. The van der Waals surface area contributed by atoms with Crippen molar-refractivity contribution in [2.24, 2.45) is 0 Å². The van der Waals surface area contributed by atoms with Crippen molar-refractivity contribution in [3.05, 3.63) is 51.0 Å². The summed E-state index contributed by atoms with van der Waals surface area (Å²) >= 11 is 4.32. The van der Waals surface area contributed by atoms with Gasteiger partial charge in [0.05, 0.1) is 20.0 Å². The lowest BCUT2D eigenvalue weighted by atomic mass is 10.0. The third kappa shape index (κ3) is 5.64. The number of esters is 1. The van der Waals surface area contributed by atoms with Gasteiger partial charge >= 0.3 is 5.97 Å². The maximum Gasteiger partial charge on any atom is 0.341 e. The molecule has 0 saturated carbocycles. The van der Waals surface area contributed by atoms with Crippen LogP contribution < -0.4 is 10.1 Å². The molecule has 38 heavy (non-hydrogen) atoms. The van der Waals surface area contributed by atoms with Crippen molar-refractivity contribution in [3.8, 4) is 28.3 Å². The molecule has 0 aliphatic carbocycles. The minimum Gasteiger partial charge on any atom is -0.497 e. The Morgan fingerprint density at radius 1 is 1.08 bits per heavy atom. The van der Waals surface area contributed by atoms with E-state index in [0.717, 1.165) is 23.4 Å². The molecule has 0 atom stereocenters. The molecule has 0 aliphatic rings. The number of carbonyl (C=O) groups excluding carboxylic acids is 2. The molecule has 4 rings (SSSR count). The zero-order chi connectivity index (χ0) is 27.4. The Hall–Kier alpha value is -3.15. The minimum absolute atomic E-state index is 0.116. The number of hydrogen-bond acceptors (Lipinski definition) is 9. The number of rotatable bonds is 10. The van der Waals surface area contributed by atoms with E-state index in [4.69, 9.17) is 9.47 Å². The van der Waals surface area contributed by atoms with E-state index in [0.29, 0.717) is 27.0 Å². The fourth-order valence-electron chi connectivity index (χ4n) is 4.16. The van der Waals surface area contributed by atoms with Crippen molar-refractivity contribution in [1.82, 2.24) is 14.8 Å². The number of methoxy groups -OCH3 is 2. The average molecular weight is 571 g/mol. The molecular formula is C27H30N4O4S3. The van der Waals surface area contributed by atoms with Gasteiger partial charge in [-0.15, -0.1) is 32.9 Å². The molecule has 0 fully saturated rings. The van der Waals surface area contributed by atoms with Crippen LogP contribution in [-0.2, 0) is 16.0 Å². The van der Waals surface area contributed by atoms with Gasteiger partial charge in [0.1, 0.15) is 16.3 Å². The summed E-state index contributed by atoms with van der Waals surface area (Å²) in [5.41, 5.74) is 4.21. The molecule has 0 saturated heterocycles. The van der Waals surface area contributed by atoms with E-state index >= 15 is 0 Å². The smallest absolute Gasteiger partial charge is 0.341 e. The summed E-state index contributed by atoms with van der Waals surface area (Å²) in [6.07, 6.45) is 0.919. The first-order chi connectivity index (χ1) is 18.3. The van der Waals surface area contributed by atoms with Gasteiger partial charge in [-0.1, -0.05) is 30.8 Å². The molecular weight excluding hydrogens is 541 g/mol. The Morgan fingerprint density at radius 3 is 2.42 bits per heavy atom. The van der Waals surface area contributed by atoms with Crippen LogP contribution in [0, 0.1) is 6.92 Å². The van der Waals surface area contributed by atoms with E-state index < -0.39 is 5.97 Å². The molecule has 1 N–H and O–H groups in total. The maximum atomic E-state index is 13.0. The molecule has 8 nitrogen and oxygen atoms in total. The highest BCUT2D eigenvalue weighted by molar-refractivity contribution is 7.99. The number of amides is 1. The summed E-state index contributed by atoms with van der Waals surface area (Å²) in [6.45, 7) is 8.42. The molecule has 0 spiro atoms. The molecule has 4 aromatic rings. The van der Waals surface area contributed by atoms with Crippen LogP contribution in [0.5, 0.6) is 5.75 Å². The number of aryl methyl sites for hydroxylation is 1. The predicted molar refractivity (Wildman–Crippen MR) is 155 cm³/mol. The number of thioether (sulfide) groups is 1. The Balaban J connectivity index is 1.54. The van der Waals surface area contributed by atoms with E-state index in [1.165, 1.54) is 40.6 Å². The van der Waals surface area contributed by atoms with E-state index in [2.05, 4.69) is 53.2 Å². The molecule has 1 aromatic carbocycles. The number of thiophene rings is 2. The molecule has 0 bridgehead atoms. The van der Waals surface area contributed by atoms with Gasteiger partial charge in [0.15, 0.2) is 11.0 Å². The van der Waals surface area contributed by atoms with Crippen LogP contribution in [0.25, 0.3) is 22.5 Å². The highest BCUT2D eigenvalue weighted by atomic mass is 32.2. The number of benzene rings is 1. The standard InChI is InChI=1S/C27H30N4O4S3/c1-7-19-16(4)36-13-21(19)24-29-30-27(31(24)15(2)3)38-14-22(32)28-25-23(26(33)35-6)20(12-37-25)17-8-10-18(34-5)11-9-17/h8-13,15H,7,14H2,1-6H3,(H,28,32). The van der Waals surface area contributed by atoms with Crippen molar-refractivity contribution in [2.45, 2.75) is 45.3 Å². The number of hydrogen-bond donors (Lipinski definition) is 1. The number of aromatic nitrogens is 3. The quantitative estimate of drug-likeness (QED) is 0.167. The van der Waals surface area contributed by atoms with Gasteiger partial charge in [0.25, 0.3) is 0 Å². The van der Waals surface area contributed by atoms with Crippen LogP contribution >= 0.6 is 34.4 Å². The highest BCUT2D eigenvalue weighted by Gasteiger charge is 2.24. The second-order valence-electron chi connectivity index (χ2n) is 8.72. The maximum absolute atomic E-state index is 13.0. The van der Waals surface area contributed by atoms with Crippen LogP contribution in [-0.4, -0.2) is 46.6 Å². The second-order valence-corrected chi connectivity index (χ2v) is 11.6. The molecule has 200 valence electrons. The van der Waals surface area contributed by atoms with Gasteiger partial charge in [-0.05, 0) is 50.5 Å². The minimum atomic E-state index is -0.512. The summed E-state index contributed by atoms with van der Waals surface area (Å²) < 4.78 is 12.3. The average Bonchev–Trinajstić information content (AvgIpc) is 3.63. The van der Waals surface area contributed by atoms with Crippen LogP contribution in [0.4, 0.5) is 5.00 Å². The first-order valence-electron chi connectivity index (χ1n) is 12.1. The summed E-state index contributed by atoms with van der Waals surface area (Å²) in [6, 6.07) is 7.49. The van der Waals surface area contributed by atoms with Gasteiger partial charge in [-0.3, -0.25) is 9.36 Å². The van der Waals surface area contributed by atoms with Crippen molar-refractivity contribution in [1.29, 1.82) is 0 Å². The number of anilines is 1. The molecule has 0 unspecified atom stereocenters. The SMILES string of the molecule is CCc1c(-c2nnc(SCC(=O)Nc3scc(-c4ccc(OC)cc4)c3C(=O)OC)n2C(C)C)csc1C. The van der Waals surface area contributed by atoms with Gasteiger partial charge in [0, 0.05) is 32.8 Å². The van der Waals surface area contributed by atoms with Crippen LogP contribution in [0.2, 0.25) is 0 Å². The molecule has 0 aliphatic heterocycles. The fraction of sp³-hybridized carbons (Fsp3) is 0.333. The molecule has 0 radical (unpaired) electrons. The molecule has 3 aromatic heterocycles. The largest absolute Gasteiger partial charge is 0.497 e. The van der Waals surface area contributed by atoms with E-state index in [1.807, 2.05) is 29.6 Å². The first kappa shape index (κ1) is 27.9. The number of nitrogens with one attached hydrogen (secondary N) is 1. The highest BCUT2D eigenvalue weighted by Crippen LogP contribution is 2.38. The van der Waals surface area contributed by atoms with Gasteiger partial charge < -0.3 is 14.8 Å². The third-order valence-corrected chi connectivity index (χ3v) is 8.84. The van der Waals surface area contributed by atoms with Crippen LogP contribution in [0.3, 0.4) is 0 Å². The van der Waals surface area contributed by atoms with Gasteiger partial charge in [0.2, 0.25) is 5.91 Å². The summed E-state index contributed by atoms with van der Waals surface area (Å²) in [4.78, 5) is 26.9. The summed E-state index contributed by atoms with van der Waals surface area (Å²) in [5, 5.41) is 16.9. The molecule has 11 heteroatoms. The zero-order valence-electron chi connectivity index (χ0n) is 22.2. The van der Waals surface area contributed by atoms with E-state index in [1.54, 1.807) is 18.4 Å². The Kier molecular flexibility index (Phi) is 8.91. The lowest BCUT2D eigenvalue weighted by Gasteiger charge is -2.14. The van der Waals surface area contributed by atoms with E-state index in [9.17, 15) is 9.59 Å². The molecule has 3 heterocycles. The number of carbonyl (C=O) groups is 2. The van der Waals surface area contributed by atoms with Crippen LogP contribution in [0.15, 0.2) is 40.2 Å². The van der Waals surface area contributed by atoms with Crippen molar-refractivity contribution in [3.63, 3.8) is 0 Å². The lowest BCUT2D eigenvalue weighted by Crippen LogP contribution is -2.16. The summed E-state index contributed by atoms with van der Waals surface area (Å²) in [5.74, 6) is 0.890. The van der Waals surface area contributed by atoms with E-state index in [-0.39, 0.29) is 17.7 Å². The number of nitrogens with zero attached hydrogens (tertiary/aromatic N) is 3. The van der Waals surface area contributed by atoms with Gasteiger partial charge in [-0.2, -0.15) is 0 Å². The predicted octanol–water partition coefficient (Wildman–Crippen LogP) is 6.71. The Bertz CT molecular complexity index is 1440. The normalized spacial score (nSPS) is 11.1. The lowest BCUT2D eigenvalue weighted by molar-refractivity contribution is -0.113. The van der Waals surface area contributed by atoms with Gasteiger partial charge in [-0.25, -0.2) is 4.79 Å². The van der Waals surface area contributed by atoms with Crippen molar-refractivity contribution < 1.29 is 19.1 Å². The Morgan fingerprint density at radius 2 is 1.79 bits per heavy atom. The van der Waals surface area contributed by atoms with Crippen molar-refractivity contribution in [2.75, 3.05) is 25.3 Å².